The van der Waals surface area contributed by atoms with Gasteiger partial charge in [-0.3, -0.25) is 9.69 Å². The Hall–Kier alpha value is -2.88. The summed E-state index contributed by atoms with van der Waals surface area (Å²) >= 11 is 0. The van der Waals surface area contributed by atoms with Gasteiger partial charge in [0.2, 0.25) is 0 Å². The number of imide groups is 1. The highest BCUT2D eigenvalue weighted by molar-refractivity contribution is 7.90. The highest BCUT2D eigenvalue weighted by Gasteiger charge is 2.31. The fourth-order valence-corrected chi connectivity index (χ4v) is 4.99. The van der Waals surface area contributed by atoms with E-state index in [2.05, 4.69) is 17.6 Å². The summed E-state index contributed by atoms with van der Waals surface area (Å²) in [5.41, 5.74) is 0.310. The molecule has 3 rings (SSSR count). The van der Waals surface area contributed by atoms with Crippen LogP contribution >= 0.6 is 0 Å². The van der Waals surface area contributed by atoms with Crippen LogP contribution in [0.5, 0.6) is 0 Å². The van der Waals surface area contributed by atoms with E-state index in [9.17, 15) is 22.8 Å². The van der Waals surface area contributed by atoms with Gasteiger partial charge in [-0.1, -0.05) is 25.9 Å². The third-order valence-corrected chi connectivity index (χ3v) is 7.50. The van der Waals surface area contributed by atoms with Crippen molar-refractivity contribution in [1.82, 2.24) is 20.3 Å². The van der Waals surface area contributed by atoms with Gasteiger partial charge >= 0.3 is 12.1 Å². The number of carbonyl (C=O) groups excluding carboxylic acids is 3. The van der Waals surface area contributed by atoms with Crippen molar-refractivity contribution in [3.8, 4) is 0 Å². The lowest BCUT2D eigenvalue weighted by Crippen LogP contribution is -2.45. The molecule has 0 saturated heterocycles. The van der Waals surface area contributed by atoms with E-state index < -0.39 is 46.8 Å². The minimum absolute atomic E-state index is 0.0563. The summed E-state index contributed by atoms with van der Waals surface area (Å²) in [6.07, 6.45) is 0.967. The summed E-state index contributed by atoms with van der Waals surface area (Å²) in [6.45, 7) is 0.347. The molecule has 1 aliphatic heterocycles. The molecule has 10 heteroatoms. The van der Waals surface area contributed by atoms with Gasteiger partial charge in [-0.2, -0.15) is 0 Å². The molecule has 0 spiro atoms. The Kier molecular flexibility index (Phi) is 6.30. The second-order valence-corrected chi connectivity index (χ2v) is 10.5. The van der Waals surface area contributed by atoms with Gasteiger partial charge in [-0.05, 0) is 74.6 Å². The largest absolute Gasteiger partial charge is 0.337 e. The Labute approximate surface area is 208 Å². The number of carbonyl (C=O) groups is 3. The van der Waals surface area contributed by atoms with Crippen LogP contribution in [0.25, 0.3) is 0 Å². The van der Waals surface area contributed by atoms with E-state index in [4.69, 9.17) is 6.85 Å². The number of sulfonamides is 1. The minimum Gasteiger partial charge on any atom is -0.337 e. The number of hydrogen-bond donors (Lipinski definition) is 3. The second kappa shape index (κ2) is 11.0. The van der Waals surface area contributed by atoms with Crippen LogP contribution in [0.15, 0.2) is 40.3 Å². The Morgan fingerprint density at radius 3 is 2.50 bits per heavy atom. The molecule has 1 aromatic rings. The molecule has 9 nitrogen and oxygen atoms in total. The van der Waals surface area contributed by atoms with Crippen LogP contribution in [0.2, 0.25) is 0 Å². The quantitative estimate of drug-likeness (QED) is 0.536. The molecule has 0 unspecified atom stereocenters. The molecule has 1 saturated carbocycles. The van der Waals surface area contributed by atoms with Crippen LogP contribution in [0.1, 0.15) is 65.2 Å². The molecule has 1 aliphatic carbocycles. The lowest BCUT2D eigenvalue weighted by atomic mass is 9.87. The molecule has 34 heavy (non-hydrogen) atoms. The second-order valence-electron chi connectivity index (χ2n) is 8.83. The van der Waals surface area contributed by atoms with Gasteiger partial charge in [-0.15, -0.1) is 0 Å². The summed E-state index contributed by atoms with van der Waals surface area (Å²) in [4.78, 5) is 38.1. The molecular weight excluding hydrogens is 456 g/mol. The fraction of sp³-hybridized carbons (Fsp3) is 0.542. The summed E-state index contributed by atoms with van der Waals surface area (Å²) in [5.74, 6) is -0.394. The molecule has 0 radical (unpaired) electrons. The number of benzene rings is 1. The third kappa shape index (κ3) is 6.37. The normalized spacial score (nSPS) is 23.9. The van der Waals surface area contributed by atoms with Crippen molar-refractivity contribution in [3.05, 3.63) is 41.0 Å². The maximum Gasteiger partial charge on any atom is 0.328 e. The lowest BCUT2D eigenvalue weighted by molar-refractivity contribution is -0.123. The maximum atomic E-state index is 12.6. The number of hydrogen-bond acceptors (Lipinski definition) is 5. The number of nitrogens with one attached hydrogen (secondary N) is 3. The zero-order valence-electron chi connectivity index (χ0n) is 24.3. The average molecular weight is 496 g/mol. The molecular formula is C24H34N4O5S. The highest BCUT2D eigenvalue weighted by atomic mass is 32.2. The smallest absolute Gasteiger partial charge is 0.328 e. The number of urea groups is 2. The summed E-state index contributed by atoms with van der Waals surface area (Å²) in [6, 6.07) is 4.15. The molecule has 0 atom stereocenters. The molecule has 0 bridgehead atoms. The van der Waals surface area contributed by atoms with Crippen LogP contribution in [0, 0.1) is 5.92 Å². The molecule has 186 valence electrons. The van der Waals surface area contributed by atoms with E-state index in [0.717, 1.165) is 30.6 Å². The zero-order chi connectivity index (χ0) is 29.2. The predicted molar refractivity (Wildman–Crippen MR) is 129 cm³/mol. The number of rotatable bonds is 7. The molecule has 5 amide bonds. The van der Waals surface area contributed by atoms with Crippen molar-refractivity contribution in [2.45, 2.75) is 70.1 Å². The van der Waals surface area contributed by atoms with Gasteiger partial charge < -0.3 is 10.6 Å². The Bertz CT molecular complexity index is 1240. The number of amides is 5. The fourth-order valence-electron chi connectivity index (χ4n) is 4.07. The topological polar surface area (TPSA) is 125 Å². The van der Waals surface area contributed by atoms with Crippen molar-refractivity contribution in [3.63, 3.8) is 0 Å². The monoisotopic (exact) mass is 495 g/mol. The van der Waals surface area contributed by atoms with E-state index in [1.165, 1.54) is 31.2 Å². The molecule has 1 aromatic carbocycles. The molecule has 2 aliphatic rings. The van der Waals surface area contributed by atoms with Crippen molar-refractivity contribution >= 4 is 28.0 Å². The molecule has 1 fully saturated rings. The van der Waals surface area contributed by atoms with E-state index in [-0.39, 0.29) is 36.0 Å². The Morgan fingerprint density at radius 1 is 1.18 bits per heavy atom. The van der Waals surface area contributed by atoms with Crippen LogP contribution in [-0.2, 0) is 21.2 Å². The van der Waals surface area contributed by atoms with Crippen molar-refractivity contribution in [2.24, 2.45) is 5.92 Å². The van der Waals surface area contributed by atoms with E-state index >= 15 is 0 Å². The first-order valence-corrected chi connectivity index (χ1v) is 12.7. The molecule has 0 aromatic heterocycles. The summed E-state index contributed by atoms with van der Waals surface area (Å²) in [7, 11) is -4.07. The maximum absolute atomic E-state index is 12.6. The summed E-state index contributed by atoms with van der Waals surface area (Å²) < 4.78 is 65.1. The van der Waals surface area contributed by atoms with Gasteiger partial charge in [0, 0.05) is 25.0 Å². The van der Waals surface area contributed by atoms with Crippen LogP contribution in [-0.4, -0.2) is 50.4 Å². The van der Waals surface area contributed by atoms with Crippen LogP contribution < -0.4 is 15.4 Å². The van der Waals surface area contributed by atoms with Crippen molar-refractivity contribution < 1.29 is 29.7 Å². The van der Waals surface area contributed by atoms with Crippen molar-refractivity contribution in [1.29, 1.82) is 0 Å². The van der Waals surface area contributed by atoms with E-state index in [0.29, 0.717) is 11.5 Å². The lowest BCUT2D eigenvalue weighted by Gasteiger charge is -2.26. The standard InChI is InChI=1S/C24H34N4O5S/c1-4-21-17(3)15-28(22(21)29)24(31)25-14-13-18-7-11-20(12-8-18)34(32,33)27-23(30)26-19-9-5-16(2)6-10-19/h7-8,11-12,16,19H,4-6,9-10,13-15H2,1-3H3,(H,25,31)(H2,26,27,30)/i1D3,4D2. The van der Waals surface area contributed by atoms with Gasteiger partial charge in [-0.25, -0.2) is 22.7 Å². The zero-order valence-corrected chi connectivity index (χ0v) is 20.1. The number of nitrogens with zero attached hydrogens (tertiary/aromatic N) is 1. The van der Waals surface area contributed by atoms with E-state index in [1.54, 1.807) is 0 Å². The van der Waals surface area contributed by atoms with Crippen molar-refractivity contribution in [2.75, 3.05) is 13.1 Å². The third-order valence-electron chi connectivity index (χ3n) is 6.15. The van der Waals surface area contributed by atoms with Gasteiger partial charge in [0.1, 0.15) is 0 Å². The first kappa shape index (κ1) is 19.4. The Morgan fingerprint density at radius 2 is 1.85 bits per heavy atom. The SMILES string of the molecule is [2H]C([2H])([2H])C([2H])([2H])C1=C(C)CN(C(=O)NCCc2ccc(S(=O)(=O)NC(=O)NC3CCC(C)CC3)cc2)C1=O. The predicted octanol–water partition coefficient (Wildman–Crippen LogP) is 3.07. The van der Waals surface area contributed by atoms with Crippen LogP contribution in [0.4, 0.5) is 9.59 Å². The van der Waals surface area contributed by atoms with Gasteiger partial charge in [0.15, 0.2) is 0 Å². The van der Waals surface area contributed by atoms with Gasteiger partial charge in [0.05, 0.1) is 11.4 Å². The Balaban J connectivity index is 1.50. The first-order chi connectivity index (χ1) is 18.0. The van der Waals surface area contributed by atoms with Crippen LogP contribution in [0.3, 0.4) is 0 Å². The average Bonchev–Trinajstić information content (AvgIpc) is 3.14. The van der Waals surface area contributed by atoms with E-state index in [1.807, 2.05) is 4.72 Å². The molecule has 3 N–H and O–H groups in total. The first-order valence-electron chi connectivity index (χ1n) is 13.7. The molecule has 1 heterocycles. The minimum atomic E-state index is -4.07. The van der Waals surface area contributed by atoms with Gasteiger partial charge in [0.25, 0.3) is 15.9 Å². The summed E-state index contributed by atoms with van der Waals surface area (Å²) in [5, 5.41) is 5.25. The highest BCUT2D eigenvalue weighted by Crippen LogP contribution is 2.23.